The van der Waals surface area contributed by atoms with Crippen LogP contribution in [0, 0.1) is 18.3 Å². The molecule has 1 spiro atoms. The minimum atomic E-state index is -1.67. The molecule has 0 unspecified atom stereocenters. The van der Waals surface area contributed by atoms with Crippen LogP contribution < -0.4 is 20.7 Å². The van der Waals surface area contributed by atoms with E-state index in [4.69, 9.17) is 15.2 Å². The SMILES string of the molecule is COC(=O)c1c(C)sc2c1OC(N)=C(C#N)[C@@]21C(=O)N(CC(=O)Nc2ccccc2)c2ccccc21. The maximum atomic E-state index is 14.3. The van der Waals surface area contributed by atoms with Crippen molar-refractivity contribution in [3.63, 3.8) is 0 Å². The lowest BCUT2D eigenvalue weighted by Crippen LogP contribution is -2.47. The zero-order valence-corrected chi connectivity index (χ0v) is 20.1. The topological polar surface area (TPSA) is 135 Å². The molecular formula is C26H20N4O5S. The molecule has 2 aromatic carbocycles. The number of methoxy groups -OCH3 is 1. The molecule has 2 amide bonds. The van der Waals surface area contributed by atoms with Gasteiger partial charge in [0, 0.05) is 21.8 Å². The maximum Gasteiger partial charge on any atom is 0.342 e. The number of benzene rings is 2. The quantitative estimate of drug-likeness (QED) is 0.525. The number of nitrogens with two attached hydrogens (primary N) is 1. The molecule has 3 aromatic rings. The van der Waals surface area contributed by atoms with Crippen LogP contribution in [0.1, 0.15) is 25.7 Å². The van der Waals surface area contributed by atoms with Crippen LogP contribution in [0.5, 0.6) is 5.75 Å². The molecule has 3 N–H and O–H groups in total. The molecule has 9 nitrogen and oxygen atoms in total. The number of aryl methyl sites for hydroxylation is 1. The number of nitriles is 1. The van der Waals surface area contributed by atoms with Gasteiger partial charge in [-0.15, -0.1) is 11.3 Å². The van der Waals surface area contributed by atoms with Crippen LogP contribution >= 0.6 is 11.3 Å². The van der Waals surface area contributed by atoms with Gasteiger partial charge in [0.15, 0.2) is 11.2 Å². The van der Waals surface area contributed by atoms with Gasteiger partial charge in [0.05, 0.1) is 12.0 Å². The molecule has 180 valence electrons. The summed E-state index contributed by atoms with van der Waals surface area (Å²) in [5.41, 5.74) is 6.08. The Hall–Kier alpha value is -4.62. The van der Waals surface area contributed by atoms with E-state index in [-0.39, 0.29) is 29.3 Å². The van der Waals surface area contributed by atoms with Gasteiger partial charge in [-0.05, 0) is 25.1 Å². The summed E-state index contributed by atoms with van der Waals surface area (Å²) in [7, 11) is 1.24. The van der Waals surface area contributed by atoms with E-state index >= 15 is 0 Å². The Kier molecular flexibility index (Phi) is 5.50. The third-order valence-electron chi connectivity index (χ3n) is 6.24. The number of fused-ring (bicyclic) bond motifs is 4. The van der Waals surface area contributed by atoms with E-state index in [1.165, 1.54) is 12.0 Å². The Labute approximate surface area is 210 Å². The molecule has 1 atom stereocenters. The number of hydrogen-bond donors (Lipinski definition) is 2. The Morgan fingerprint density at radius 1 is 1.19 bits per heavy atom. The Morgan fingerprint density at radius 3 is 2.58 bits per heavy atom. The van der Waals surface area contributed by atoms with Gasteiger partial charge in [0.25, 0.3) is 0 Å². The molecule has 0 saturated carbocycles. The van der Waals surface area contributed by atoms with Crippen LogP contribution in [0.2, 0.25) is 0 Å². The van der Waals surface area contributed by atoms with E-state index in [1.807, 2.05) is 6.07 Å². The second-order valence-corrected chi connectivity index (χ2v) is 9.43. The number of nitrogens with one attached hydrogen (secondary N) is 1. The summed E-state index contributed by atoms with van der Waals surface area (Å²) in [5.74, 6) is -1.80. The van der Waals surface area contributed by atoms with Gasteiger partial charge < -0.3 is 25.4 Å². The molecular weight excluding hydrogens is 480 g/mol. The monoisotopic (exact) mass is 500 g/mol. The molecule has 36 heavy (non-hydrogen) atoms. The number of anilines is 2. The van der Waals surface area contributed by atoms with Gasteiger partial charge >= 0.3 is 5.97 Å². The van der Waals surface area contributed by atoms with Crippen molar-refractivity contribution in [2.24, 2.45) is 5.73 Å². The fraction of sp³-hybridized carbons (Fsp3) is 0.154. The highest BCUT2D eigenvalue weighted by Gasteiger charge is 2.61. The lowest BCUT2D eigenvalue weighted by atomic mass is 9.72. The van der Waals surface area contributed by atoms with Crippen molar-refractivity contribution < 1.29 is 23.9 Å². The predicted octanol–water partition coefficient (Wildman–Crippen LogP) is 3.20. The molecule has 5 rings (SSSR count). The normalized spacial score (nSPS) is 17.8. The molecule has 10 heteroatoms. The number of para-hydroxylation sites is 2. The number of nitrogens with zero attached hydrogens (tertiary/aromatic N) is 2. The van der Waals surface area contributed by atoms with Crippen molar-refractivity contribution in [1.29, 1.82) is 5.26 Å². The van der Waals surface area contributed by atoms with E-state index in [1.54, 1.807) is 55.5 Å². The molecule has 2 aliphatic rings. The standard InChI is InChI=1S/C26H20N4O5S/c1-14-20(24(32)34-2)21-22(36-14)26(17(12-27)23(28)35-21)16-10-6-7-11-18(16)30(25(26)33)13-19(31)29-15-8-4-3-5-9-15/h3-11H,13,28H2,1-2H3,(H,29,31)/t26-/m1/s1. The van der Waals surface area contributed by atoms with Crippen LogP contribution in [0.15, 0.2) is 66.1 Å². The molecule has 1 aromatic heterocycles. The fourth-order valence-corrected chi connectivity index (χ4v) is 6.01. The molecule has 2 aliphatic heterocycles. The van der Waals surface area contributed by atoms with Gasteiger partial charge in [-0.1, -0.05) is 36.4 Å². The van der Waals surface area contributed by atoms with Crippen LogP contribution in [0.25, 0.3) is 0 Å². The smallest absolute Gasteiger partial charge is 0.342 e. The molecule has 0 saturated heterocycles. The van der Waals surface area contributed by atoms with Crippen molar-refractivity contribution in [2.75, 3.05) is 23.9 Å². The lowest BCUT2D eigenvalue weighted by Gasteiger charge is -2.32. The lowest BCUT2D eigenvalue weighted by molar-refractivity contribution is -0.123. The Morgan fingerprint density at radius 2 is 1.89 bits per heavy atom. The van der Waals surface area contributed by atoms with Crippen LogP contribution in [-0.2, 0) is 19.7 Å². The third-order valence-corrected chi connectivity index (χ3v) is 7.45. The fourth-order valence-electron chi connectivity index (χ4n) is 4.74. The second kappa shape index (κ2) is 8.55. The second-order valence-electron chi connectivity index (χ2n) is 8.21. The molecule has 0 radical (unpaired) electrons. The first kappa shape index (κ1) is 23.1. The highest BCUT2D eigenvalue weighted by molar-refractivity contribution is 7.13. The molecule has 0 aliphatic carbocycles. The Bertz CT molecular complexity index is 1500. The molecule has 0 fully saturated rings. The largest absolute Gasteiger partial charge is 0.465 e. The van der Waals surface area contributed by atoms with Crippen molar-refractivity contribution in [3.05, 3.63) is 86.9 Å². The van der Waals surface area contributed by atoms with Gasteiger partial charge in [-0.2, -0.15) is 5.26 Å². The number of ether oxygens (including phenoxy) is 2. The van der Waals surface area contributed by atoms with Crippen LogP contribution in [-0.4, -0.2) is 31.4 Å². The minimum Gasteiger partial charge on any atom is -0.465 e. The van der Waals surface area contributed by atoms with Crippen LogP contribution in [0.4, 0.5) is 11.4 Å². The van der Waals surface area contributed by atoms with E-state index in [9.17, 15) is 19.6 Å². The number of carbonyl (C=O) groups excluding carboxylic acids is 3. The molecule has 0 bridgehead atoms. The first-order chi connectivity index (χ1) is 17.3. The van der Waals surface area contributed by atoms with Gasteiger partial charge in [-0.3, -0.25) is 9.59 Å². The van der Waals surface area contributed by atoms with Gasteiger partial charge in [-0.25, -0.2) is 4.79 Å². The van der Waals surface area contributed by atoms with Crippen LogP contribution in [0.3, 0.4) is 0 Å². The average Bonchev–Trinajstić information content (AvgIpc) is 3.32. The summed E-state index contributed by atoms with van der Waals surface area (Å²) in [6.07, 6.45) is 0. The average molecular weight is 501 g/mol. The van der Waals surface area contributed by atoms with E-state index in [0.717, 1.165) is 11.3 Å². The number of amides is 2. The van der Waals surface area contributed by atoms with E-state index in [2.05, 4.69) is 11.4 Å². The summed E-state index contributed by atoms with van der Waals surface area (Å²) in [6, 6.07) is 17.8. The third kappa shape index (κ3) is 3.17. The molecule has 3 heterocycles. The van der Waals surface area contributed by atoms with Gasteiger partial charge in [0.2, 0.25) is 17.7 Å². The number of hydrogen-bond acceptors (Lipinski definition) is 8. The summed E-state index contributed by atoms with van der Waals surface area (Å²) in [6.45, 7) is 1.40. The zero-order valence-electron chi connectivity index (χ0n) is 19.3. The minimum absolute atomic E-state index is 0.0830. The Balaban J connectivity index is 1.68. The highest BCUT2D eigenvalue weighted by Crippen LogP contribution is 2.58. The maximum absolute atomic E-state index is 14.3. The zero-order chi connectivity index (χ0) is 25.6. The first-order valence-corrected chi connectivity index (χ1v) is 11.7. The van der Waals surface area contributed by atoms with E-state index in [0.29, 0.717) is 26.7 Å². The first-order valence-electron chi connectivity index (χ1n) is 10.9. The number of rotatable bonds is 4. The number of thiophene rings is 1. The summed E-state index contributed by atoms with van der Waals surface area (Å²) < 4.78 is 10.7. The highest BCUT2D eigenvalue weighted by atomic mass is 32.1. The predicted molar refractivity (Wildman–Crippen MR) is 132 cm³/mol. The van der Waals surface area contributed by atoms with Gasteiger partial charge in [0.1, 0.15) is 23.8 Å². The van der Waals surface area contributed by atoms with Crippen molar-refractivity contribution in [1.82, 2.24) is 0 Å². The van der Waals surface area contributed by atoms with Crippen molar-refractivity contribution in [3.8, 4) is 11.8 Å². The van der Waals surface area contributed by atoms with Crippen molar-refractivity contribution in [2.45, 2.75) is 12.3 Å². The number of esters is 1. The van der Waals surface area contributed by atoms with E-state index < -0.39 is 23.2 Å². The number of carbonyl (C=O) groups is 3. The summed E-state index contributed by atoms with van der Waals surface area (Å²) in [4.78, 5) is 42.1. The van der Waals surface area contributed by atoms with Crippen molar-refractivity contribution >= 4 is 40.5 Å². The summed E-state index contributed by atoms with van der Waals surface area (Å²) in [5, 5.41) is 12.9. The summed E-state index contributed by atoms with van der Waals surface area (Å²) >= 11 is 1.15.